The molecule has 1 fully saturated rings. The molecule has 0 spiro atoms. The lowest BCUT2D eigenvalue weighted by Gasteiger charge is -2.33. The normalized spacial score (nSPS) is 16.4. The van der Waals surface area contributed by atoms with Crippen LogP contribution in [0.2, 0.25) is 0 Å². The van der Waals surface area contributed by atoms with Crippen LogP contribution in [0.5, 0.6) is 0 Å². The second-order valence-electron chi connectivity index (χ2n) is 9.54. The Labute approximate surface area is 212 Å². The highest BCUT2D eigenvalue weighted by Crippen LogP contribution is 2.23. The first-order chi connectivity index (χ1) is 17.3. The summed E-state index contributed by atoms with van der Waals surface area (Å²) in [6.45, 7) is 5.82. The summed E-state index contributed by atoms with van der Waals surface area (Å²) in [5.74, 6) is 0.676. The first-order valence-corrected chi connectivity index (χ1v) is 14.3. The summed E-state index contributed by atoms with van der Waals surface area (Å²) in [5.41, 5.74) is 5.11. The predicted octanol–water partition coefficient (Wildman–Crippen LogP) is 3.61. The van der Waals surface area contributed by atoms with Gasteiger partial charge in [-0.25, -0.2) is 13.4 Å². The minimum Gasteiger partial charge on any atom is -0.369 e. The first kappa shape index (κ1) is 24.3. The van der Waals surface area contributed by atoms with Gasteiger partial charge in [-0.1, -0.05) is 24.3 Å². The maximum Gasteiger partial charge on any atom is 0.229 e. The Morgan fingerprint density at radius 3 is 2.61 bits per heavy atom. The molecule has 0 bridgehead atoms. The summed E-state index contributed by atoms with van der Waals surface area (Å²) in [6, 6.07) is 18.9. The second-order valence-corrected chi connectivity index (χ2v) is 11.8. The van der Waals surface area contributed by atoms with E-state index in [0.717, 1.165) is 47.5 Å². The minimum absolute atomic E-state index is 0.138. The van der Waals surface area contributed by atoms with Gasteiger partial charge in [0.05, 0.1) is 5.75 Å². The van der Waals surface area contributed by atoms with Gasteiger partial charge >= 0.3 is 0 Å². The number of sulfone groups is 1. The fourth-order valence-corrected chi connectivity index (χ4v) is 5.24. The number of fused-ring (bicyclic) bond motifs is 1. The highest BCUT2D eigenvalue weighted by molar-refractivity contribution is 7.90. The Morgan fingerprint density at radius 1 is 1.08 bits per heavy atom. The fraction of sp³-hybridized carbons (Fsp3) is 0.333. The van der Waals surface area contributed by atoms with E-state index in [2.05, 4.69) is 56.3 Å². The number of piperazine rings is 1. The SMILES string of the molecule is C[C@@H]1CN(c2ccc(Nc3ncc4ccn(Cc5ccccc5CCS(C)(=O)=O)c4n3)cc2)CCN1. The van der Waals surface area contributed by atoms with E-state index in [1.54, 1.807) is 0 Å². The molecular formula is C27H32N6O2S. The van der Waals surface area contributed by atoms with Gasteiger partial charge in [-0.2, -0.15) is 4.98 Å². The van der Waals surface area contributed by atoms with Crippen molar-refractivity contribution >= 4 is 38.2 Å². The number of rotatable bonds is 8. The van der Waals surface area contributed by atoms with E-state index in [0.29, 0.717) is 25.0 Å². The number of nitrogens with one attached hydrogen (secondary N) is 2. The lowest BCUT2D eigenvalue weighted by Crippen LogP contribution is -2.49. The Hall–Kier alpha value is -3.43. The van der Waals surface area contributed by atoms with Crippen LogP contribution < -0.4 is 15.5 Å². The topological polar surface area (TPSA) is 92.2 Å². The zero-order valence-corrected chi connectivity index (χ0v) is 21.5. The lowest BCUT2D eigenvalue weighted by molar-refractivity contribution is 0.485. The van der Waals surface area contributed by atoms with E-state index in [1.807, 2.05) is 42.7 Å². The van der Waals surface area contributed by atoms with Gasteiger partial charge in [0.2, 0.25) is 5.95 Å². The van der Waals surface area contributed by atoms with Crippen molar-refractivity contribution in [2.24, 2.45) is 0 Å². The standard InChI is InChI=1S/C27H32N6O2S/c1-20-18-32(15-13-28-20)25-9-7-24(8-10-25)30-27-29-17-22-11-14-33(26(22)31-27)19-23-6-4-3-5-21(23)12-16-36(2,34)35/h3-11,14,17,20,28H,12-13,15-16,18-19H2,1-2H3,(H,29,30,31)/t20-/m1/s1. The average Bonchev–Trinajstić information content (AvgIpc) is 3.25. The van der Waals surface area contributed by atoms with Gasteiger partial charge in [-0.05, 0) is 54.8 Å². The molecule has 3 heterocycles. The van der Waals surface area contributed by atoms with Crippen LogP contribution in [-0.2, 0) is 22.8 Å². The Balaban J connectivity index is 1.32. The largest absolute Gasteiger partial charge is 0.369 e. The number of aromatic nitrogens is 3. The van der Waals surface area contributed by atoms with Crippen LogP contribution in [0.4, 0.5) is 17.3 Å². The van der Waals surface area contributed by atoms with E-state index < -0.39 is 9.84 Å². The third-order valence-electron chi connectivity index (χ3n) is 6.56. The van der Waals surface area contributed by atoms with Crippen LogP contribution in [0.15, 0.2) is 67.0 Å². The van der Waals surface area contributed by atoms with Crippen molar-refractivity contribution in [2.75, 3.05) is 41.9 Å². The molecule has 8 nitrogen and oxygen atoms in total. The Bertz CT molecular complexity index is 1450. The molecule has 1 aliphatic heterocycles. The summed E-state index contributed by atoms with van der Waals surface area (Å²) in [7, 11) is -3.02. The highest BCUT2D eigenvalue weighted by Gasteiger charge is 2.16. The summed E-state index contributed by atoms with van der Waals surface area (Å²) >= 11 is 0. The number of aryl methyl sites for hydroxylation is 1. The number of benzene rings is 2. The van der Waals surface area contributed by atoms with Crippen LogP contribution in [0.25, 0.3) is 11.0 Å². The van der Waals surface area contributed by atoms with E-state index in [-0.39, 0.29) is 5.75 Å². The fourth-order valence-electron chi connectivity index (χ4n) is 4.64. The molecule has 36 heavy (non-hydrogen) atoms. The molecule has 1 aliphatic rings. The lowest BCUT2D eigenvalue weighted by atomic mass is 10.1. The van der Waals surface area contributed by atoms with Gasteiger partial charge in [0, 0.05) is 67.6 Å². The predicted molar refractivity (Wildman–Crippen MR) is 146 cm³/mol. The third kappa shape index (κ3) is 5.85. The van der Waals surface area contributed by atoms with Crippen molar-refractivity contribution in [3.63, 3.8) is 0 Å². The molecule has 188 valence electrons. The molecule has 2 aromatic heterocycles. The molecule has 4 aromatic rings. The maximum absolute atomic E-state index is 11.7. The van der Waals surface area contributed by atoms with Crippen molar-refractivity contribution < 1.29 is 8.42 Å². The van der Waals surface area contributed by atoms with Crippen molar-refractivity contribution in [3.05, 3.63) is 78.1 Å². The molecule has 1 atom stereocenters. The van der Waals surface area contributed by atoms with Gasteiger partial charge in [0.25, 0.3) is 0 Å². The maximum atomic E-state index is 11.7. The van der Waals surface area contributed by atoms with Crippen LogP contribution in [0.1, 0.15) is 18.1 Å². The monoisotopic (exact) mass is 504 g/mol. The molecule has 0 unspecified atom stereocenters. The van der Waals surface area contributed by atoms with E-state index in [4.69, 9.17) is 4.98 Å². The van der Waals surface area contributed by atoms with Gasteiger partial charge in [0.15, 0.2) is 0 Å². The highest BCUT2D eigenvalue weighted by atomic mass is 32.2. The Morgan fingerprint density at radius 2 is 1.86 bits per heavy atom. The van der Waals surface area contributed by atoms with Crippen LogP contribution in [0, 0.1) is 0 Å². The summed E-state index contributed by atoms with van der Waals surface area (Å²) < 4.78 is 25.4. The molecule has 0 radical (unpaired) electrons. The number of hydrogen-bond acceptors (Lipinski definition) is 7. The van der Waals surface area contributed by atoms with Crippen molar-refractivity contribution in [1.82, 2.24) is 19.9 Å². The zero-order valence-electron chi connectivity index (χ0n) is 20.7. The minimum atomic E-state index is -3.02. The van der Waals surface area contributed by atoms with Gasteiger partial charge in [0.1, 0.15) is 15.5 Å². The molecule has 2 N–H and O–H groups in total. The van der Waals surface area contributed by atoms with E-state index in [9.17, 15) is 8.42 Å². The second kappa shape index (κ2) is 10.3. The molecule has 1 saturated heterocycles. The smallest absolute Gasteiger partial charge is 0.229 e. The quantitative estimate of drug-likeness (QED) is 0.379. The van der Waals surface area contributed by atoms with Crippen LogP contribution >= 0.6 is 0 Å². The number of anilines is 3. The van der Waals surface area contributed by atoms with E-state index in [1.165, 1.54) is 11.9 Å². The summed E-state index contributed by atoms with van der Waals surface area (Å²) in [5, 5.41) is 7.76. The molecule has 0 aliphatic carbocycles. The van der Waals surface area contributed by atoms with Gasteiger partial charge in [-0.15, -0.1) is 0 Å². The summed E-state index contributed by atoms with van der Waals surface area (Å²) in [4.78, 5) is 11.7. The van der Waals surface area contributed by atoms with Crippen molar-refractivity contribution in [2.45, 2.75) is 25.9 Å². The van der Waals surface area contributed by atoms with Crippen LogP contribution in [-0.4, -0.2) is 60.6 Å². The summed E-state index contributed by atoms with van der Waals surface area (Å²) in [6.07, 6.45) is 5.60. The molecular weight excluding hydrogens is 472 g/mol. The zero-order chi connectivity index (χ0) is 25.1. The van der Waals surface area contributed by atoms with E-state index >= 15 is 0 Å². The molecule has 0 saturated carbocycles. The number of hydrogen-bond donors (Lipinski definition) is 2. The molecule has 2 aromatic carbocycles. The molecule has 0 amide bonds. The number of nitrogens with zero attached hydrogens (tertiary/aromatic N) is 4. The van der Waals surface area contributed by atoms with Gasteiger partial charge in [-0.3, -0.25) is 0 Å². The Kier molecular flexibility index (Phi) is 6.93. The first-order valence-electron chi connectivity index (χ1n) is 12.3. The van der Waals surface area contributed by atoms with Crippen molar-refractivity contribution in [3.8, 4) is 0 Å². The molecule has 9 heteroatoms. The third-order valence-corrected chi connectivity index (χ3v) is 7.51. The van der Waals surface area contributed by atoms with Crippen molar-refractivity contribution in [1.29, 1.82) is 0 Å². The molecule has 5 rings (SSSR count). The van der Waals surface area contributed by atoms with Crippen LogP contribution in [0.3, 0.4) is 0 Å². The average molecular weight is 505 g/mol. The van der Waals surface area contributed by atoms with Gasteiger partial charge < -0.3 is 20.1 Å².